The van der Waals surface area contributed by atoms with E-state index < -0.39 is 0 Å². The molecular formula is C19H24O. The van der Waals surface area contributed by atoms with Crippen LogP contribution in [-0.2, 0) is 4.79 Å². The van der Waals surface area contributed by atoms with Crippen molar-refractivity contribution in [3.63, 3.8) is 0 Å². The number of rotatable bonds is 4. The van der Waals surface area contributed by atoms with Gasteiger partial charge in [-0.2, -0.15) is 0 Å². The molecule has 1 aromatic rings. The van der Waals surface area contributed by atoms with E-state index in [4.69, 9.17) is 0 Å². The molecule has 1 aliphatic rings. The molecule has 0 fully saturated rings. The maximum absolute atomic E-state index is 11.5. The van der Waals surface area contributed by atoms with Gasteiger partial charge in [-0.1, -0.05) is 53.6 Å². The highest BCUT2D eigenvalue weighted by molar-refractivity contribution is 5.58. The Labute approximate surface area is 122 Å². The van der Waals surface area contributed by atoms with Gasteiger partial charge in [-0.05, 0) is 45.1 Å². The van der Waals surface area contributed by atoms with E-state index in [1.165, 1.54) is 16.7 Å². The molecule has 1 aromatic carbocycles. The Kier molecular flexibility index (Phi) is 4.94. The van der Waals surface area contributed by atoms with Crippen LogP contribution in [0.5, 0.6) is 0 Å². The van der Waals surface area contributed by atoms with Crippen LogP contribution in [0.2, 0.25) is 0 Å². The fourth-order valence-corrected chi connectivity index (χ4v) is 3.19. The summed E-state index contributed by atoms with van der Waals surface area (Å²) in [6.45, 7) is 6.48. The van der Waals surface area contributed by atoms with Crippen LogP contribution in [0.25, 0.3) is 0 Å². The van der Waals surface area contributed by atoms with Gasteiger partial charge in [0, 0.05) is 11.8 Å². The van der Waals surface area contributed by atoms with Crippen molar-refractivity contribution in [2.75, 3.05) is 0 Å². The topological polar surface area (TPSA) is 17.1 Å². The smallest absolute Gasteiger partial charge is 0.124 e. The van der Waals surface area contributed by atoms with E-state index >= 15 is 0 Å². The fraction of sp³-hybridized carbons (Fsp3) is 0.421. The molecule has 0 saturated heterocycles. The SMILES string of the molecule is CC(C)=CC[C@@H]1C(C)=CC[C@@H](C=O)[C@@H]1c1ccccc1. The first-order valence-electron chi connectivity index (χ1n) is 7.43. The Bertz CT molecular complexity index is 506. The Hall–Kier alpha value is -1.63. The molecule has 1 aliphatic carbocycles. The van der Waals surface area contributed by atoms with E-state index in [1.54, 1.807) is 0 Å². The molecule has 0 amide bonds. The van der Waals surface area contributed by atoms with Crippen LogP contribution < -0.4 is 0 Å². The number of hydrogen-bond acceptors (Lipinski definition) is 1. The van der Waals surface area contributed by atoms with Gasteiger partial charge < -0.3 is 4.79 Å². The number of carbonyl (C=O) groups is 1. The van der Waals surface area contributed by atoms with Gasteiger partial charge in [0.2, 0.25) is 0 Å². The molecule has 0 bridgehead atoms. The van der Waals surface area contributed by atoms with Gasteiger partial charge >= 0.3 is 0 Å². The predicted octanol–water partition coefficient (Wildman–Crippen LogP) is 4.91. The van der Waals surface area contributed by atoms with Gasteiger partial charge in [-0.3, -0.25) is 0 Å². The minimum Gasteiger partial charge on any atom is -0.303 e. The minimum absolute atomic E-state index is 0.108. The molecule has 0 spiro atoms. The van der Waals surface area contributed by atoms with Crippen LogP contribution in [0.1, 0.15) is 45.1 Å². The van der Waals surface area contributed by atoms with Crippen molar-refractivity contribution >= 4 is 6.29 Å². The Morgan fingerprint density at radius 1 is 1.25 bits per heavy atom. The van der Waals surface area contributed by atoms with Crippen LogP contribution >= 0.6 is 0 Å². The van der Waals surface area contributed by atoms with E-state index in [1.807, 2.05) is 6.07 Å². The highest BCUT2D eigenvalue weighted by atomic mass is 16.1. The summed E-state index contributed by atoms with van der Waals surface area (Å²) in [5.41, 5.74) is 4.07. The lowest BCUT2D eigenvalue weighted by atomic mass is 9.68. The third-order valence-corrected chi connectivity index (χ3v) is 4.33. The minimum atomic E-state index is 0.108. The van der Waals surface area contributed by atoms with Crippen LogP contribution in [0.3, 0.4) is 0 Å². The second-order valence-corrected chi connectivity index (χ2v) is 6.04. The largest absolute Gasteiger partial charge is 0.303 e. The summed E-state index contributed by atoms with van der Waals surface area (Å²) in [5, 5.41) is 0. The molecule has 1 nitrogen and oxygen atoms in total. The number of hydrogen-bond donors (Lipinski definition) is 0. The van der Waals surface area contributed by atoms with Crippen LogP contribution in [0, 0.1) is 11.8 Å². The average Bonchev–Trinajstić information content (AvgIpc) is 2.46. The van der Waals surface area contributed by atoms with Gasteiger partial charge in [-0.15, -0.1) is 0 Å². The van der Waals surface area contributed by atoms with Crippen molar-refractivity contribution in [1.82, 2.24) is 0 Å². The monoisotopic (exact) mass is 268 g/mol. The highest BCUT2D eigenvalue weighted by Crippen LogP contribution is 2.43. The van der Waals surface area contributed by atoms with Crippen molar-refractivity contribution in [3.8, 4) is 0 Å². The molecule has 0 aliphatic heterocycles. The summed E-state index contributed by atoms with van der Waals surface area (Å²) in [5.74, 6) is 0.863. The van der Waals surface area contributed by atoms with E-state index in [9.17, 15) is 4.79 Å². The first-order chi connectivity index (χ1) is 9.63. The summed E-state index contributed by atoms with van der Waals surface area (Å²) >= 11 is 0. The van der Waals surface area contributed by atoms with Gasteiger partial charge in [0.15, 0.2) is 0 Å². The van der Waals surface area contributed by atoms with Crippen molar-refractivity contribution in [1.29, 1.82) is 0 Å². The zero-order valence-electron chi connectivity index (χ0n) is 12.7. The molecule has 0 saturated carbocycles. The molecule has 20 heavy (non-hydrogen) atoms. The summed E-state index contributed by atoms with van der Waals surface area (Å²) in [6.07, 6.45) is 7.60. The lowest BCUT2D eigenvalue weighted by molar-refractivity contribution is -0.112. The third-order valence-electron chi connectivity index (χ3n) is 4.33. The summed E-state index contributed by atoms with van der Waals surface area (Å²) in [7, 11) is 0. The van der Waals surface area contributed by atoms with Crippen LogP contribution in [-0.4, -0.2) is 6.29 Å². The van der Waals surface area contributed by atoms with E-state index in [0.29, 0.717) is 11.8 Å². The molecule has 0 N–H and O–H groups in total. The third kappa shape index (κ3) is 3.27. The Morgan fingerprint density at radius 2 is 1.95 bits per heavy atom. The second-order valence-electron chi connectivity index (χ2n) is 6.04. The first-order valence-corrected chi connectivity index (χ1v) is 7.43. The van der Waals surface area contributed by atoms with Gasteiger partial charge in [0.05, 0.1) is 0 Å². The Balaban J connectivity index is 2.37. The van der Waals surface area contributed by atoms with E-state index in [0.717, 1.165) is 19.1 Å². The van der Waals surface area contributed by atoms with Crippen molar-refractivity contribution in [2.45, 2.75) is 39.5 Å². The molecule has 3 atom stereocenters. The number of aldehydes is 1. The molecule has 0 unspecified atom stereocenters. The van der Waals surface area contributed by atoms with Crippen molar-refractivity contribution in [2.24, 2.45) is 11.8 Å². The molecule has 2 rings (SSSR count). The standard InChI is InChI=1S/C19H24O/c1-14(2)9-12-18-15(3)10-11-17(13-20)19(18)16-7-5-4-6-8-16/h4-10,13,17-19H,11-12H2,1-3H3/t17-,18+,19-/m0/s1. The lowest BCUT2D eigenvalue weighted by Crippen LogP contribution is -2.27. The zero-order valence-corrected chi connectivity index (χ0v) is 12.7. The molecule has 106 valence electrons. The second kappa shape index (κ2) is 6.69. The quantitative estimate of drug-likeness (QED) is 0.560. The molecule has 0 heterocycles. The van der Waals surface area contributed by atoms with Gasteiger partial charge in [0.1, 0.15) is 6.29 Å². The van der Waals surface area contributed by atoms with Crippen molar-refractivity contribution in [3.05, 3.63) is 59.2 Å². The fourth-order valence-electron chi connectivity index (χ4n) is 3.19. The predicted molar refractivity (Wildman–Crippen MR) is 84.6 cm³/mol. The highest BCUT2D eigenvalue weighted by Gasteiger charge is 2.33. The molecule has 0 aromatic heterocycles. The van der Waals surface area contributed by atoms with E-state index in [-0.39, 0.29) is 5.92 Å². The maximum atomic E-state index is 11.5. The number of allylic oxidation sites excluding steroid dienone is 4. The number of benzene rings is 1. The summed E-state index contributed by atoms with van der Waals surface area (Å²) < 4.78 is 0. The van der Waals surface area contributed by atoms with Gasteiger partial charge in [-0.25, -0.2) is 0 Å². The van der Waals surface area contributed by atoms with E-state index in [2.05, 4.69) is 57.2 Å². The number of carbonyl (C=O) groups excluding carboxylic acids is 1. The van der Waals surface area contributed by atoms with Gasteiger partial charge in [0.25, 0.3) is 0 Å². The van der Waals surface area contributed by atoms with Crippen molar-refractivity contribution < 1.29 is 4.79 Å². The van der Waals surface area contributed by atoms with Crippen LogP contribution in [0.4, 0.5) is 0 Å². The summed E-state index contributed by atoms with van der Waals surface area (Å²) in [4.78, 5) is 11.5. The molecule has 1 heteroatoms. The first kappa shape index (κ1) is 14.8. The Morgan fingerprint density at radius 3 is 2.55 bits per heavy atom. The normalized spacial score (nSPS) is 25.8. The molecular weight excluding hydrogens is 244 g/mol. The molecule has 0 radical (unpaired) electrons. The maximum Gasteiger partial charge on any atom is 0.124 e. The zero-order chi connectivity index (χ0) is 14.5. The lowest BCUT2D eigenvalue weighted by Gasteiger charge is -2.35. The average molecular weight is 268 g/mol. The van der Waals surface area contributed by atoms with Crippen LogP contribution in [0.15, 0.2) is 53.6 Å². The summed E-state index contributed by atoms with van der Waals surface area (Å²) in [6, 6.07) is 10.5.